The van der Waals surface area contributed by atoms with Gasteiger partial charge in [0.25, 0.3) is 0 Å². The number of carbonyl (C=O) groups is 2. The van der Waals surface area contributed by atoms with Gasteiger partial charge in [0.15, 0.2) is 5.75 Å². The van der Waals surface area contributed by atoms with E-state index in [2.05, 4.69) is 20.7 Å². The molecule has 7 nitrogen and oxygen atoms in total. The van der Waals surface area contributed by atoms with E-state index in [4.69, 9.17) is 14.2 Å². The molecule has 0 saturated heterocycles. The van der Waals surface area contributed by atoms with Crippen molar-refractivity contribution in [1.82, 2.24) is 0 Å². The maximum absolute atomic E-state index is 13.9. The van der Waals surface area contributed by atoms with Crippen molar-refractivity contribution < 1.29 is 32.9 Å². The van der Waals surface area contributed by atoms with Crippen molar-refractivity contribution in [3.05, 3.63) is 33.7 Å². The highest BCUT2D eigenvalue weighted by atomic mass is 79.9. The lowest BCUT2D eigenvalue weighted by Crippen LogP contribution is -2.39. The molecule has 1 aromatic rings. The summed E-state index contributed by atoms with van der Waals surface area (Å²) in [4.78, 5) is 25.5. The molecule has 0 aromatic heterocycles. The van der Waals surface area contributed by atoms with Crippen molar-refractivity contribution in [1.29, 1.82) is 0 Å². The monoisotopic (exact) mass is 403 g/mol. The van der Waals surface area contributed by atoms with Crippen molar-refractivity contribution in [2.75, 3.05) is 39.6 Å². The van der Waals surface area contributed by atoms with Crippen molar-refractivity contribution in [2.24, 2.45) is 0 Å². The maximum atomic E-state index is 13.9. The van der Waals surface area contributed by atoms with Crippen LogP contribution in [0.4, 0.5) is 10.1 Å². The van der Waals surface area contributed by atoms with Gasteiger partial charge >= 0.3 is 11.9 Å². The van der Waals surface area contributed by atoms with Gasteiger partial charge in [-0.05, 0) is 22.0 Å². The fourth-order valence-corrected chi connectivity index (χ4v) is 2.87. The van der Waals surface area contributed by atoms with Gasteiger partial charge in [0.2, 0.25) is 0 Å². The summed E-state index contributed by atoms with van der Waals surface area (Å²) < 4.78 is 34.2. The van der Waals surface area contributed by atoms with Crippen LogP contribution in [0.15, 0.2) is 27.9 Å². The molecule has 1 aliphatic rings. The highest BCUT2D eigenvalue weighted by molar-refractivity contribution is 9.10. The van der Waals surface area contributed by atoms with Crippen LogP contribution in [0.5, 0.6) is 5.75 Å². The molecule has 0 N–H and O–H groups in total. The first-order chi connectivity index (χ1) is 11.4. The van der Waals surface area contributed by atoms with Crippen LogP contribution in [-0.4, -0.2) is 46.6 Å². The zero-order valence-electron chi connectivity index (χ0n) is 13.2. The SMILES string of the molecule is COC(=O)C1=C(C(=O)OC)N(c2cc(F)cc(Br)c2OC)COC1. The summed E-state index contributed by atoms with van der Waals surface area (Å²) in [6.07, 6.45) is 0. The van der Waals surface area contributed by atoms with E-state index >= 15 is 0 Å². The third kappa shape index (κ3) is 3.36. The molecule has 0 atom stereocenters. The normalized spacial score (nSPS) is 14.5. The molecule has 2 rings (SSSR count). The summed E-state index contributed by atoms with van der Waals surface area (Å²) in [5, 5.41) is 0. The Balaban J connectivity index is 2.68. The molecule has 1 aromatic carbocycles. The van der Waals surface area contributed by atoms with Crippen molar-refractivity contribution in [3.8, 4) is 5.75 Å². The van der Waals surface area contributed by atoms with Crippen molar-refractivity contribution in [2.45, 2.75) is 0 Å². The van der Waals surface area contributed by atoms with Crippen LogP contribution in [0.1, 0.15) is 0 Å². The van der Waals surface area contributed by atoms with Crippen LogP contribution in [0.25, 0.3) is 0 Å². The molecule has 0 radical (unpaired) electrons. The van der Waals surface area contributed by atoms with Gasteiger partial charge in [-0.3, -0.25) is 0 Å². The van der Waals surface area contributed by atoms with Gasteiger partial charge in [0.05, 0.1) is 43.7 Å². The molecular weight excluding hydrogens is 389 g/mol. The van der Waals surface area contributed by atoms with Gasteiger partial charge in [-0.2, -0.15) is 0 Å². The molecule has 0 aliphatic carbocycles. The second-order valence-electron chi connectivity index (χ2n) is 4.66. The Bertz CT molecular complexity index is 705. The number of methoxy groups -OCH3 is 3. The van der Waals surface area contributed by atoms with Crippen LogP contribution >= 0.6 is 15.9 Å². The van der Waals surface area contributed by atoms with Crippen molar-refractivity contribution >= 4 is 33.6 Å². The first-order valence-corrected chi connectivity index (χ1v) is 7.52. The van der Waals surface area contributed by atoms with Crippen molar-refractivity contribution in [3.63, 3.8) is 0 Å². The van der Waals surface area contributed by atoms with E-state index in [-0.39, 0.29) is 36.0 Å². The molecule has 1 heterocycles. The van der Waals surface area contributed by atoms with Crippen LogP contribution < -0.4 is 9.64 Å². The maximum Gasteiger partial charge on any atom is 0.355 e. The lowest BCUT2D eigenvalue weighted by atomic mass is 10.1. The van der Waals surface area contributed by atoms with Crippen LogP contribution in [0, 0.1) is 5.82 Å². The summed E-state index contributed by atoms with van der Waals surface area (Å²) in [6.45, 7) is -0.233. The molecule has 0 amide bonds. The highest BCUT2D eigenvalue weighted by Gasteiger charge is 2.34. The van der Waals surface area contributed by atoms with Gasteiger partial charge in [0, 0.05) is 6.07 Å². The number of ether oxygens (including phenoxy) is 4. The average molecular weight is 404 g/mol. The molecule has 0 unspecified atom stereocenters. The van der Waals surface area contributed by atoms with Crippen LogP contribution in [-0.2, 0) is 23.8 Å². The van der Waals surface area contributed by atoms with E-state index in [0.717, 1.165) is 6.07 Å². The number of carbonyl (C=O) groups excluding carboxylic acids is 2. The number of hydrogen-bond donors (Lipinski definition) is 0. The zero-order valence-corrected chi connectivity index (χ0v) is 14.8. The number of rotatable bonds is 4. The summed E-state index contributed by atoms with van der Waals surface area (Å²) in [5.74, 6) is -1.81. The predicted octanol–water partition coefficient (Wildman–Crippen LogP) is 1.99. The third-order valence-corrected chi connectivity index (χ3v) is 3.91. The first-order valence-electron chi connectivity index (χ1n) is 6.72. The van der Waals surface area contributed by atoms with Gasteiger partial charge in [-0.25, -0.2) is 14.0 Å². The summed E-state index contributed by atoms with van der Waals surface area (Å²) in [5.41, 5.74) is 0.0790. The second-order valence-corrected chi connectivity index (χ2v) is 5.51. The quantitative estimate of drug-likeness (QED) is 0.711. The fourth-order valence-electron chi connectivity index (χ4n) is 2.28. The second kappa shape index (κ2) is 7.63. The summed E-state index contributed by atoms with van der Waals surface area (Å²) in [7, 11) is 3.76. The minimum atomic E-state index is -0.777. The Morgan fingerprint density at radius 2 is 1.88 bits per heavy atom. The number of hydrogen-bond acceptors (Lipinski definition) is 7. The molecule has 24 heavy (non-hydrogen) atoms. The molecule has 130 valence electrons. The molecule has 0 bridgehead atoms. The summed E-state index contributed by atoms with van der Waals surface area (Å²) in [6, 6.07) is 2.38. The first kappa shape index (κ1) is 18.2. The van der Waals surface area contributed by atoms with Gasteiger partial charge in [0.1, 0.15) is 18.2 Å². The van der Waals surface area contributed by atoms with Gasteiger partial charge in [-0.15, -0.1) is 0 Å². The standard InChI is InChI=1S/C15H15BrFNO6/c1-21-13-10(16)4-8(17)5-11(13)18-7-24-6-9(14(19)22-2)12(18)15(20)23-3/h4-5H,6-7H2,1-3H3. The zero-order chi connectivity index (χ0) is 17.9. The van der Waals surface area contributed by atoms with E-state index in [1.54, 1.807) is 0 Å². The van der Waals surface area contributed by atoms with E-state index in [0.29, 0.717) is 4.47 Å². The Labute approximate surface area is 146 Å². The largest absolute Gasteiger partial charge is 0.493 e. The van der Waals surface area contributed by atoms with Crippen LogP contribution in [0.3, 0.4) is 0 Å². The topological polar surface area (TPSA) is 74.3 Å². The van der Waals surface area contributed by atoms with E-state index in [9.17, 15) is 14.0 Å². The Kier molecular flexibility index (Phi) is 5.79. The minimum Gasteiger partial charge on any atom is -0.493 e. The smallest absolute Gasteiger partial charge is 0.355 e. The molecule has 1 aliphatic heterocycles. The van der Waals surface area contributed by atoms with Gasteiger partial charge in [-0.1, -0.05) is 0 Å². The highest BCUT2D eigenvalue weighted by Crippen LogP contribution is 2.39. The van der Waals surface area contributed by atoms with E-state index < -0.39 is 17.8 Å². The Morgan fingerprint density at radius 1 is 1.21 bits per heavy atom. The molecule has 0 fully saturated rings. The average Bonchev–Trinajstić information content (AvgIpc) is 2.59. The third-order valence-electron chi connectivity index (χ3n) is 3.32. The predicted molar refractivity (Wildman–Crippen MR) is 85.0 cm³/mol. The minimum absolute atomic E-state index is 0.0296. The number of benzene rings is 1. The lowest BCUT2D eigenvalue weighted by molar-refractivity contribution is -0.140. The fraction of sp³-hybridized carbons (Fsp3) is 0.333. The van der Waals surface area contributed by atoms with E-state index in [1.165, 1.54) is 32.3 Å². The molecule has 9 heteroatoms. The van der Waals surface area contributed by atoms with E-state index in [1.807, 2.05) is 0 Å². The Morgan fingerprint density at radius 3 is 2.46 bits per heavy atom. The van der Waals surface area contributed by atoms with Crippen LogP contribution in [0.2, 0.25) is 0 Å². The molecular formula is C15H15BrFNO6. The molecule has 0 spiro atoms. The number of nitrogens with zero attached hydrogens (tertiary/aromatic N) is 1. The molecule has 0 saturated carbocycles. The Hall–Kier alpha value is -2.13. The lowest BCUT2D eigenvalue weighted by Gasteiger charge is -2.32. The number of halogens is 2. The summed E-state index contributed by atoms with van der Waals surface area (Å²) >= 11 is 3.20. The van der Waals surface area contributed by atoms with Gasteiger partial charge < -0.3 is 23.8 Å². The number of esters is 2. The number of anilines is 1.